The lowest BCUT2D eigenvalue weighted by molar-refractivity contribution is 0.619. The third kappa shape index (κ3) is 2.53. The van der Waals surface area contributed by atoms with Crippen molar-refractivity contribution in [3.8, 4) is 6.07 Å². The van der Waals surface area contributed by atoms with Crippen molar-refractivity contribution < 1.29 is 4.39 Å². The van der Waals surface area contributed by atoms with Crippen molar-refractivity contribution in [3.05, 3.63) is 34.9 Å². The molecule has 0 spiro atoms. The van der Waals surface area contributed by atoms with E-state index >= 15 is 0 Å². The van der Waals surface area contributed by atoms with Crippen molar-refractivity contribution >= 4 is 17.7 Å². The van der Waals surface area contributed by atoms with Gasteiger partial charge in [-0.1, -0.05) is 23.8 Å². The number of aromatic nitrogens is 1. The fraction of sp³-hybridized carbons (Fsp3) is 0.111. The molecule has 0 N–H and O–H groups in total. The summed E-state index contributed by atoms with van der Waals surface area (Å²) in [5.74, 6) is -0.557. The van der Waals surface area contributed by atoms with E-state index < -0.39 is 5.82 Å². The molecule has 0 radical (unpaired) electrons. The topological polar surface area (TPSA) is 36.7 Å². The Bertz CT molecular complexity index is 368. The molecule has 1 heterocycles. The van der Waals surface area contributed by atoms with E-state index in [0.29, 0.717) is 5.56 Å². The first-order chi connectivity index (χ1) is 6.25. The minimum absolute atomic E-state index is 0.154. The largest absolute Gasteiger partial charge is 0.242 e. The molecular weight excluding hydrogens is 191 g/mol. The van der Waals surface area contributed by atoms with Crippen LogP contribution in [0.3, 0.4) is 0 Å². The van der Waals surface area contributed by atoms with Crippen LogP contribution in [0.1, 0.15) is 12.0 Å². The average Bonchev–Trinajstić information content (AvgIpc) is 2.13. The van der Waals surface area contributed by atoms with Gasteiger partial charge in [0.2, 0.25) is 0 Å². The van der Waals surface area contributed by atoms with Crippen LogP contribution in [0.4, 0.5) is 4.39 Å². The van der Waals surface area contributed by atoms with E-state index in [9.17, 15) is 4.39 Å². The van der Waals surface area contributed by atoms with Crippen LogP contribution >= 0.6 is 11.6 Å². The molecule has 0 aliphatic heterocycles. The molecule has 0 aromatic carbocycles. The number of nitriles is 1. The van der Waals surface area contributed by atoms with Gasteiger partial charge in [0.15, 0.2) is 11.0 Å². The van der Waals surface area contributed by atoms with Crippen molar-refractivity contribution in [2.75, 3.05) is 0 Å². The van der Waals surface area contributed by atoms with E-state index in [1.807, 2.05) is 6.07 Å². The van der Waals surface area contributed by atoms with Crippen molar-refractivity contribution in [2.24, 2.45) is 0 Å². The molecule has 4 heteroatoms. The molecule has 0 atom stereocenters. The van der Waals surface area contributed by atoms with Gasteiger partial charge in [0, 0.05) is 11.8 Å². The molecule has 2 nitrogen and oxygen atoms in total. The van der Waals surface area contributed by atoms with Crippen LogP contribution in [0, 0.1) is 17.1 Å². The molecule has 13 heavy (non-hydrogen) atoms. The van der Waals surface area contributed by atoms with E-state index in [2.05, 4.69) is 4.98 Å². The normalized spacial score (nSPS) is 10.2. The quantitative estimate of drug-likeness (QED) is 0.682. The molecule has 0 fully saturated rings. The van der Waals surface area contributed by atoms with Crippen molar-refractivity contribution in [3.63, 3.8) is 0 Å². The highest BCUT2D eigenvalue weighted by Crippen LogP contribution is 2.16. The van der Waals surface area contributed by atoms with Gasteiger partial charge in [-0.25, -0.2) is 9.37 Å². The van der Waals surface area contributed by atoms with Gasteiger partial charge in [-0.15, -0.1) is 0 Å². The Labute approximate surface area is 80.3 Å². The average molecular weight is 197 g/mol. The third-order valence-corrected chi connectivity index (χ3v) is 1.65. The first-order valence-electron chi connectivity index (χ1n) is 3.59. The maximum Gasteiger partial charge on any atom is 0.167 e. The summed E-state index contributed by atoms with van der Waals surface area (Å²) in [6, 6.07) is 3.41. The number of hydrogen-bond acceptors (Lipinski definition) is 2. The molecule has 1 aromatic heterocycles. The van der Waals surface area contributed by atoms with Gasteiger partial charge in [0.25, 0.3) is 0 Å². The van der Waals surface area contributed by atoms with E-state index in [4.69, 9.17) is 16.9 Å². The fourth-order valence-corrected chi connectivity index (χ4v) is 0.965. The molecule has 0 aliphatic rings. The summed E-state index contributed by atoms with van der Waals surface area (Å²) in [7, 11) is 0. The predicted molar refractivity (Wildman–Crippen MR) is 48.5 cm³/mol. The summed E-state index contributed by atoms with van der Waals surface area (Å²) < 4.78 is 13.1. The lowest BCUT2D eigenvalue weighted by Gasteiger charge is -1.96. The lowest BCUT2D eigenvalue weighted by atomic mass is 10.2. The maximum absolute atomic E-state index is 13.1. The predicted octanol–water partition coefficient (Wildman–Crippen LogP) is 2.80. The van der Waals surface area contributed by atoms with E-state index in [1.54, 1.807) is 6.08 Å². The smallest absolute Gasteiger partial charge is 0.167 e. The summed E-state index contributed by atoms with van der Waals surface area (Å²) in [5.41, 5.74) is 0.343. The molecule has 0 unspecified atom stereocenters. The van der Waals surface area contributed by atoms with E-state index in [0.717, 1.165) is 0 Å². The monoisotopic (exact) mass is 196 g/mol. The Hall–Kier alpha value is -1.40. The second-order valence-electron chi connectivity index (χ2n) is 2.27. The van der Waals surface area contributed by atoms with Crippen molar-refractivity contribution in [1.29, 1.82) is 5.26 Å². The zero-order chi connectivity index (χ0) is 9.68. The summed E-state index contributed by atoms with van der Waals surface area (Å²) in [4.78, 5) is 3.56. The summed E-state index contributed by atoms with van der Waals surface area (Å²) in [6.45, 7) is 0. The highest BCUT2D eigenvalue weighted by Gasteiger charge is 2.03. The first-order valence-corrected chi connectivity index (χ1v) is 3.97. The van der Waals surface area contributed by atoms with E-state index in [-0.39, 0.29) is 11.6 Å². The third-order valence-electron chi connectivity index (χ3n) is 1.38. The van der Waals surface area contributed by atoms with Gasteiger partial charge in [0.1, 0.15) is 0 Å². The number of hydrogen-bond donors (Lipinski definition) is 0. The molecule has 0 bridgehead atoms. The zero-order valence-electron chi connectivity index (χ0n) is 6.67. The van der Waals surface area contributed by atoms with Crippen LogP contribution < -0.4 is 0 Å². The van der Waals surface area contributed by atoms with Gasteiger partial charge in [0.05, 0.1) is 12.5 Å². The molecular formula is C9H6ClFN2. The maximum atomic E-state index is 13.1. The molecule has 66 valence electrons. The zero-order valence-corrected chi connectivity index (χ0v) is 7.42. The molecule has 0 aliphatic carbocycles. The number of rotatable bonds is 2. The minimum atomic E-state index is -0.557. The van der Waals surface area contributed by atoms with Crippen LogP contribution in [0.5, 0.6) is 0 Å². The molecule has 0 saturated carbocycles. The minimum Gasteiger partial charge on any atom is -0.242 e. The van der Waals surface area contributed by atoms with Crippen LogP contribution in [0.15, 0.2) is 18.3 Å². The van der Waals surface area contributed by atoms with E-state index in [1.165, 1.54) is 18.3 Å². The lowest BCUT2D eigenvalue weighted by Crippen LogP contribution is -1.85. The Morgan fingerprint density at radius 2 is 2.46 bits per heavy atom. The van der Waals surface area contributed by atoms with Crippen LogP contribution in [0.2, 0.25) is 5.15 Å². The van der Waals surface area contributed by atoms with Crippen LogP contribution in [0.25, 0.3) is 6.08 Å². The Morgan fingerprint density at radius 3 is 3.15 bits per heavy atom. The van der Waals surface area contributed by atoms with Crippen LogP contribution in [-0.2, 0) is 0 Å². The molecule has 0 saturated heterocycles. The molecule has 1 rings (SSSR count). The second-order valence-corrected chi connectivity index (χ2v) is 2.63. The Morgan fingerprint density at radius 1 is 1.69 bits per heavy atom. The number of pyridine rings is 1. The van der Waals surface area contributed by atoms with Gasteiger partial charge >= 0.3 is 0 Å². The Kier molecular flexibility index (Phi) is 3.41. The van der Waals surface area contributed by atoms with Crippen LogP contribution in [-0.4, -0.2) is 4.98 Å². The molecule has 0 amide bonds. The summed E-state index contributed by atoms with van der Waals surface area (Å²) in [6.07, 6.45) is 4.73. The standard InChI is InChI=1S/C9H6ClFN2/c10-9-8(11)7(4-6-13-9)3-1-2-5-12/h1,3-4,6H,2H2. The molecule has 1 aromatic rings. The summed E-state index contributed by atoms with van der Waals surface area (Å²) in [5, 5.41) is 8.08. The van der Waals surface area contributed by atoms with Gasteiger partial charge in [-0.2, -0.15) is 5.26 Å². The first kappa shape index (κ1) is 9.69. The highest BCUT2D eigenvalue weighted by atomic mass is 35.5. The van der Waals surface area contributed by atoms with Gasteiger partial charge in [-0.05, 0) is 6.07 Å². The Balaban J connectivity index is 2.90. The SMILES string of the molecule is N#CCC=Cc1ccnc(Cl)c1F. The number of halogens is 2. The highest BCUT2D eigenvalue weighted by molar-refractivity contribution is 6.29. The summed E-state index contributed by atoms with van der Waals surface area (Å²) >= 11 is 5.44. The number of nitrogens with zero attached hydrogens (tertiary/aromatic N) is 2. The fourth-order valence-electron chi connectivity index (χ4n) is 0.799. The second kappa shape index (κ2) is 4.58. The van der Waals surface area contributed by atoms with Gasteiger partial charge in [-0.3, -0.25) is 0 Å². The number of allylic oxidation sites excluding steroid dienone is 1. The van der Waals surface area contributed by atoms with Crippen molar-refractivity contribution in [2.45, 2.75) is 6.42 Å². The van der Waals surface area contributed by atoms with Gasteiger partial charge < -0.3 is 0 Å². The van der Waals surface area contributed by atoms with Crippen molar-refractivity contribution in [1.82, 2.24) is 4.98 Å².